The van der Waals surface area contributed by atoms with Crippen LogP contribution in [0.1, 0.15) is 61.3 Å². The summed E-state index contributed by atoms with van der Waals surface area (Å²) in [6.45, 7) is 12.6. The van der Waals surface area contributed by atoms with E-state index in [0.717, 1.165) is 6.42 Å². The fraction of sp³-hybridized carbons (Fsp3) is 0.500. The highest BCUT2D eigenvalue weighted by Gasteiger charge is 2.41. The van der Waals surface area contributed by atoms with E-state index in [9.17, 15) is 9.59 Å². The number of esters is 1. The van der Waals surface area contributed by atoms with E-state index in [1.807, 2.05) is 32.2 Å². The molecule has 0 aromatic heterocycles. The second-order valence-corrected chi connectivity index (χ2v) is 12.2. The Morgan fingerprint density at radius 1 is 1.04 bits per heavy atom. The summed E-state index contributed by atoms with van der Waals surface area (Å²) in [7, 11) is -2.26. The average molecular weight is 363 g/mol. The minimum atomic E-state index is -2.26. The molecule has 0 aliphatic rings. The number of hydrogen-bond donors (Lipinski definition) is 0. The molecule has 0 atom stereocenters. The van der Waals surface area contributed by atoms with Crippen molar-refractivity contribution in [3.05, 3.63) is 47.5 Å². The Labute approximate surface area is 152 Å². The molecule has 0 saturated carbocycles. The molecule has 0 aliphatic heterocycles. The topological polar surface area (TPSA) is 52.6 Å². The highest BCUT2D eigenvalue weighted by molar-refractivity contribution is 6.75. The lowest BCUT2D eigenvalue weighted by Crippen LogP contribution is -2.42. The van der Waals surface area contributed by atoms with Gasteiger partial charge in [-0.1, -0.05) is 52.0 Å². The lowest BCUT2D eigenvalue weighted by molar-refractivity contribution is 0.0502. The van der Waals surface area contributed by atoms with Crippen molar-refractivity contribution in [3.63, 3.8) is 0 Å². The molecule has 0 N–H and O–H groups in total. The van der Waals surface area contributed by atoms with Gasteiger partial charge >= 0.3 is 11.9 Å². The van der Waals surface area contributed by atoms with Gasteiger partial charge in [-0.2, -0.15) is 0 Å². The van der Waals surface area contributed by atoms with Crippen molar-refractivity contribution in [2.45, 2.75) is 58.7 Å². The molecule has 1 rings (SSSR count). The molecule has 0 bridgehead atoms. The third-order valence-corrected chi connectivity index (χ3v) is 8.75. The van der Waals surface area contributed by atoms with Gasteiger partial charge in [-0.15, -0.1) is 0 Å². The van der Waals surface area contributed by atoms with Crippen molar-refractivity contribution in [2.24, 2.45) is 0 Å². The van der Waals surface area contributed by atoms with Gasteiger partial charge in [0.1, 0.15) is 0 Å². The standard InChI is InChI=1S/C20H30O4Si/c1-7-8-9-12-15-23-18(21)16-13-10-11-14-17(16)19(22)24-25(5,6)20(2,3)4/h8-11,13-14H,7,12,15H2,1-6H3/b9-8+. The third-order valence-electron chi connectivity index (χ3n) is 4.44. The van der Waals surface area contributed by atoms with Crippen molar-refractivity contribution >= 4 is 20.3 Å². The van der Waals surface area contributed by atoms with Crippen LogP contribution in [0.4, 0.5) is 0 Å². The molecule has 138 valence electrons. The minimum absolute atomic E-state index is 0.0935. The molecule has 4 nitrogen and oxygen atoms in total. The van der Waals surface area contributed by atoms with Crippen molar-refractivity contribution in [3.8, 4) is 0 Å². The van der Waals surface area contributed by atoms with Gasteiger partial charge in [-0.05, 0) is 43.1 Å². The van der Waals surface area contributed by atoms with E-state index in [4.69, 9.17) is 9.16 Å². The number of rotatable bonds is 7. The first-order valence-corrected chi connectivity index (χ1v) is 11.7. The average Bonchev–Trinajstić information content (AvgIpc) is 2.53. The quantitative estimate of drug-likeness (QED) is 0.283. The van der Waals surface area contributed by atoms with Crippen LogP contribution in [0.3, 0.4) is 0 Å². The first-order chi connectivity index (χ1) is 11.6. The van der Waals surface area contributed by atoms with Crippen molar-refractivity contribution in [1.82, 2.24) is 0 Å². The Balaban J connectivity index is 2.87. The summed E-state index contributed by atoms with van der Waals surface area (Å²) in [5.74, 6) is -0.947. The van der Waals surface area contributed by atoms with Crippen LogP contribution in [0.15, 0.2) is 36.4 Å². The van der Waals surface area contributed by atoms with Gasteiger partial charge in [0.15, 0.2) is 0 Å². The summed E-state index contributed by atoms with van der Waals surface area (Å²) < 4.78 is 11.1. The molecule has 0 heterocycles. The van der Waals surface area contributed by atoms with E-state index in [-0.39, 0.29) is 16.2 Å². The summed E-state index contributed by atoms with van der Waals surface area (Å²) >= 11 is 0. The largest absolute Gasteiger partial charge is 0.516 e. The van der Waals surface area contributed by atoms with E-state index in [1.165, 1.54) is 0 Å². The number of hydrogen-bond acceptors (Lipinski definition) is 4. The highest BCUT2D eigenvalue weighted by Crippen LogP contribution is 2.37. The first-order valence-electron chi connectivity index (χ1n) is 8.74. The summed E-state index contributed by atoms with van der Waals surface area (Å²) in [5, 5.41) is -0.0935. The summed E-state index contributed by atoms with van der Waals surface area (Å²) in [6, 6.07) is 6.66. The number of carbonyl (C=O) groups is 2. The normalized spacial score (nSPS) is 12.2. The van der Waals surface area contributed by atoms with E-state index in [0.29, 0.717) is 13.0 Å². The smallest absolute Gasteiger partial charge is 0.339 e. The van der Waals surface area contributed by atoms with E-state index < -0.39 is 20.3 Å². The van der Waals surface area contributed by atoms with Gasteiger partial charge in [-0.25, -0.2) is 9.59 Å². The van der Waals surface area contributed by atoms with Crippen molar-refractivity contribution in [1.29, 1.82) is 0 Å². The van der Waals surface area contributed by atoms with Crippen molar-refractivity contribution < 1.29 is 18.8 Å². The van der Waals surface area contributed by atoms with Gasteiger partial charge in [0, 0.05) is 0 Å². The molecule has 0 saturated heterocycles. The minimum Gasteiger partial charge on any atom is -0.516 e. The fourth-order valence-corrected chi connectivity index (χ4v) is 2.74. The van der Waals surface area contributed by atoms with Gasteiger partial charge in [0.05, 0.1) is 17.7 Å². The Morgan fingerprint density at radius 3 is 2.12 bits per heavy atom. The molecule has 0 radical (unpaired) electrons. The van der Waals surface area contributed by atoms with Gasteiger partial charge in [0.2, 0.25) is 0 Å². The van der Waals surface area contributed by atoms with Crippen LogP contribution in [0.2, 0.25) is 18.1 Å². The number of carbonyl (C=O) groups excluding carboxylic acids is 2. The van der Waals surface area contributed by atoms with Crippen molar-refractivity contribution in [2.75, 3.05) is 6.61 Å². The highest BCUT2D eigenvalue weighted by atomic mass is 28.4. The summed E-state index contributed by atoms with van der Waals surface area (Å²) in [4.78, 5) is 25.0. The van der Waals surface area contributed by atoms with Gasteiger partial charge in [0.25, 0.3) is 8.32 Å². The van der Waals surface area contributed by atoms with E-state index in [1.54, 1.807) is 24.3 Å². The maximum Gasteiger partial charge on any atom is 0.339 e. The summed E-state index contributed by atoms with van der Waals surface area (Å²) in [5.41, 5.74) is 0.520. The predicted molar refractivity (Wildman–Crippen MR) is 103 cm³/mol. The lowest BCUT2D eigenvalue weighted by atomic mass is 10.1. The SMILES string of the molecule is CC/C=C/CCOC(=O)c1ccccc1C(=O)O[Si](C)(C)C(C)(C)C. The number of benzene rings is 1. The number of ether oxygens (including phenoxy) is 1. The van der Waals surface area contributed by atoms with Crippen LogP contribution in [0, 0.1) is 0 Å². The second-order valence-electron chi connectivity index (χ2n) is 7.50. The lowest BCUT2D eigenvalue weighted by Gasteiger charge is -2.35. The maximum absolute atomic E-state index is 12.6. The van der Waals surface area contributed by atoms with Crippen LogP contribution in [0.5, 0.6) is 0 Å². The van der Waals surface area contributed by atoms with Crippen LogP contribution in [0.25, 0.3) is 0 Å². The zero-order valence-electron chi connectivity index (χ0n) is 16.2. The molecule has 0 fully saturated rings. The van der Waals surface area contributed by atoms with Crippen LogP contribution < -0.4 is 0 Å². The Morgan fingerprint density at radius 2 is 1.60 bits per heavy atom. The molecule has 25 heavy (non-hydrogen) atoms. The zero-order chi connectivity index (χ0) is 19.1. The molecule has 1 aromatic rings. The maximum atomic E-state index is 12.6. The Hall–Kier alpha value is -1.88. The molecular formula is C20H30O4Si. The molecule has 0 amide bonds. The second kappa shape index (κ2) is 8.99. The number of allylic oxidation sites excluding steroid dienone is 1. The van der Waals surface area contributed by atoms with E-state index >= 15 is 0 Å². The Bertz CT molecular complexity index is 627. The van der Waals surface area contributed by atoms with Crippen LogP contribution in [-0.2, 0) is 9.16 Å². The molecular weight excluding hydrogens is 332 g/mol. The molecule has 0 aliphatic carbocycles. The van der Waals surface area contributed by atoms with E-state index in [2.05, 4.69) is 20.8 Å². The van der Waals surface area contributed by atoms with Crippen LogP contribution >= 0.6 is 0 Å². The zero-order valence-corrected chi connectivity index (χ0v) is 17.2. The van der Waals surface area contributed by atoms with Gasteiger partial charge in [-0.3, -0.25) is 0 Å². The van der Waals surface area contributed by atoms with Gasteiger partial charge < -0.3 is 9.16 Å². The monoisotopic (exact) mass is 362 g/mol. The summed E-state index contributed by atoms with van der Waals surface area (Å²) in [6.07, 6.45) is 5.62. The molecule has 0 unspecified atom stereocenters. The van der Waals surface area contributed by atoms with Crippen LogP contribution in [-0.4, -0.2) is 26.9 Å². The molecule has 0 spiro atoms. The molecule has 1 aromatic carbocycles. The predicted octanol–water partition coefficient (Wildman–Crippen LogP) is 5.36. The first kappa shape index (κ1) is 21.2. The Kier molecular flexibility index (Phi) is 7.61. The molecule has 5 heteroatoms. The third kappa shape index (κ3) is 6.16. The fourth-order valence-electron chi connectivity index (χ4n) is 1.86.